The molecule has 2 amide bonds. The maximum Gasteiger partial charge on any atom is 0.315 e. The number of sulfone groups is 1. The van der Waals surface area contributed by atoms with Crippen LogP contribution in [0.4, 0.5) is 4.79 Å². The van der Waals surface area contributed by atoms with Crippen LogP contribution in [0.15, 0.2) is 47.4 Å². The molecule has 0 saturated heterocycles. The number of carbonyl (C=O) groups excluding carboxylic acids is 1. The van der Waals surface area contributed by atoms with Gasteiger partial charge in [-0.3, -0.25) is 0 Å². The van der Waals surface area contributed by atoms with Crippen molar-refractivity contribution in [2.24, 2.45) is 0 Å². The number of fused-ring (bicyclic) bond motifs is 1. The molecule has 1 unspecified atom stereocenters. The minimum absolute atomic E-state index is 0.135. The molecule has 1 saturated carbocycles. The molecule has 30 heavy (non-hydrogen) atoms. The highest BCUT2D eigenvalue weighted by molar-refractivity contribution is 7.90. The van der Waals surface area contributed by atoms with Crippen LogP contribution in [-0.2, 0) is 9.84 Å². The number of nitrogens with one attached hydrogen (secondary N) is 2. The first-order valence-electron chi connectivity index (χ1n) is 10.5. The molecule has 2 N–H and O–H groups in total. The molecule has 0 bridgehead atoms. The lowest BCUT2D eigenvalue weighted by atomic mass is 9.95. The van der Waals surface area contributed by atoms with Gasteiger partial charge in [-0.2, -0.15) is 0 Å². The number of urea groups is 1. The molecule has 0 spiro atoms. The first kappa shape index (κ1) is 20.7. The van der Waals surface area contributed by atoms with Crippen molar-refractivity contribution < 1.29 is 17.9 Å². The molecule has 2 aromatic rings. The van der Waals surface area contributed by atoms with Gasteiger partial charge in [-0.15, -0.1) is 0 Å². The summed E-state index contributed by atoms with van der Waals surface area (Å²) in [5.41, 5.74) is 2.63. The summed E-state index contributed by atoms with van der Waals surface area (Å²) >= 11 is 0. The van der Waals surface area contributed by atoms with E-state index in [0.717, 1.165) is 35.3 Å². The zero-order valence-corrected chi connectivity index (χ0v) is 18.0. The fourth-order valence-electron chi connectivity index (χ4n) is 4.26. The van der Waals surface area contributed by atoms with Gasteiger partial charge in [0.2, 0.25) is 0 Å². The molecule has 1 atom stereocenters. The Balaban J connectivity index is 1.55. The van der Waals surface area contributed by atoms with Crippen LogP contribution < -0.4 is 15.4 Å². The van der Waals surface area contributed by atoms with Crippen LogP contribution >= 0.6 is 0 Å². The zero-order valence-electron chi connectivity index (χ0n) is 17.2. The number of hydrogen-bond acceptors (Lipinski definition) is 4. The Morgan fingerprint density at radius 1 is 0.967 bits per heavy atom. The smallest absolute Gasteiger partial charge is 0.315 e. The van der Waals surface area contributed by atoms with Gasteiger partial charge in [0.25, 0.3) is 0 Å². The highest BCUT2D eigenvalue weighted by atomic mass is 32.2. The Labute approximate surface area is 177 Å². The molecule has 0 radical (unpaired) electrons. The predicted octanol–water partition coefficient (Wildman–Crippen LogP) is 4.21. The highest BCUT2D eigenvalue weighted by Gasteiger charge is 2.25. The van der Waals surface area contributed by atoms with E-state index >= 15 is 0 Å². The van der Waals surface area contributed by atoms with Crippen LogP contribution in [0.3, 0.4) is 0 Å². The molecule has 1 aliphatic heterocycles. The van der Waals surface area contributed by atoms with E-state index in [2.05, 4.69) is 10.6 Å². The molecule has 2 aliphatic rings. The summed E-state index contributed by atoms with van der Waals surface area (Å²) in [4.78, 5) is 12.9. The Morgan fingerprint density at radius 2 is 1.73 bits per heavy atom. The number of hydrogen-bond donors (Lipinski definition) is 2. The van der Waals surface area contributed by atoms with E-state index in [1.165, 1.54) is 25.5 Å². The first-order chi connectivity index (χ1) is 14.4. The van der Waals surface area contributed by atoms with Crippen LogP contribution in [-0.4, -0.2) is 33.4 Å². The van der Waals surface area contributed by atoms with Crippen molar-refractivity contribution in [1.82, 2.24) is 10.6 Å². The zero-order chi connectivity index (χ0) is 21.1. The number of rotatable bonds is 4. The topological polar surface area (TPSA) is 84.5 Å². The third-order valence-electron chi connectivity index (χ3n) is 5.89. The second-order valence-electron chi connectivity index (χ2n) is 8.20. The van der Waals surface area contributed by atoms with E-state index in [1.54, 1.807) is 18.2 Å². The molecule has 0 aromatic heterocycles. The van der Waals surface area contributed by atoms with E-state index < -0.39 is 9.84 Å². The molecule has 7 heteroatoms. The van der Waals surface area contributed by atoms with Crippen molar-refractivity contribution in [3.05, 3.63) is 48.0 Å². The fourth-order valence-corrected chi connectivity index (χ4v) is 4.93. The number of carbonyl (C=O) groups is 1. The monoisotopic (exact) mass is 428 g/mol. The summed E-state index contributed by atoms with van der Waals surface area (Å²) in [5.74, 6) is 0.757. The molecule has 2 aromatic carbocycles. The van der Waals surface area contributed by atoms with Crippen LogP contribution in [0.2, 0.25) is 0 Å². The van der Waals surface area contributed by atoms with Gasteiger partial charge in [0, 0.05) is 24.3 Å². The molecule has 1 aliphatic carbocycles. The van der Waals surface area contributed by atoms with Crippen LogP contribution in [0.5, 0.6) is 5.75 Å². The average molecular weight is 429 g/mol. The van der Waals surface area contributed by atoms with Crippen molar-refractivity contribution in [1.29, 1.82) is 0 Å². The Morgan fingerprint density at radius 3 is 2.50 bits per heavy atom. The van der Waals surface area contributed by atoms with Gasteiger partial charge in [0.1, 0.15) is 5.75 Å². The maximum absolute atomic E-state index is 12.6. The summed E-state index contributed by atoms with van der Waals surface area (Å²) in [6.45, 7) is 0.546. The lowest BCUT2D eigenvalue weighted by molar-refractivity contribution is 0.217. The van der Waals surface area contributed by atoms with Crippen molar-refractivity contribution in [3.63, 3.8) is 0 Å². The Hall–Kier alpha value is -2.54. The molecule has 1 fully saturated rings. The van der Waals surface area contributed by atoms with Gasteiger partial charge < -0.3 is 15.4 Å². The van der Waals surface area contributed by atoms with E-state index in [4.69, 9.17) is 4.74 Å². The van der Waals surface area contributed by atoms with Crippen molar-refractivity contribution in [2.75, 3.05) is 12.9 Å². The normalized spacial score (nSPS) is 19.4. The summed E-state index contributed by atoms with van der Waals surface area (Å²) in [6, 6.07) is 12.7. The number of ether oxygens (including phenoxy) is 1. The van der Waals surface area contributed by atoms with Crippen LogP contribution in [0.1, 0.15) is 50.1 Å². The third-order valence-corrected chi connectivity index (χ3v) is 7.00. The molecule has 160 valence electrons. The number of benzene rings is 2. The van der Waals surface area contributed by atoms with Gasteiger partial charge in [0.05, 0.1) is 17.5 Å². The van der Waals surface area contributed by atoms with Crippen molar-refractivity contribution in [2.45, 2.75) is 55.5 Å². The molecular weight excluding hydrogens is 400 g/mol. The van der Waals surface area contributed by atoms with Crippen molar-refractivity contribution >= 4 is 15.9 Å². The van der Waals surface area contributed by atoms with E-state index in [-0.39, 0.29) is 23.0 Å². The Bertz CT molecular complexity index is 1030. The quantitative estimate of drug-likeness (QED) is 0.764. The van der Waals surface area contributed by atoms with Gasteiger partial charge in [-0.05, 0) is 48.2 Å². The van der Waals surface area contributed by atoms with E-state index in [0.29, 0.717) is 13.0 Å². The first-order valence-corrected chi connectivity index (χ1v) is 12.4. The summed E-state index contributed by atoms with van der Waals surface area (Å²) in [7, 11) is -3.28. The molecular formula is C23H28N2O4S. The van der Waals surface area contributed by atoms with Crippen LogP contribution in [0.25, 0.3) is 11.1 Å². The third kappa shape index (κ3) is 4.78. The minimum atomic E-state index is -3.28. The van der Waals surface area contributed by atoms with E-state index in [9.17, 15) is 13.2 Å². The largest absolute Gasteiger partial charge is 0.493 e. The second kappa shape index (κ2) is 8.68. The average Bonchev–Trinajstić information content (AvgIpc) is 2.74. The van der Waals surface area contributed by atoms with Gasteiger partial charge in [-0.25, -0.2) is 13.2 Å². The fraction of sp³-hybridized carbons (Fsp3) is 0.435. The van der Waals surface area contributed by atoms with Gasteiger partial charge in [-0.1, -0.05) is 37.5 Å². The second-order valence-corrected chi connectivity index (χ2v) is 10.2. The SMILES string of the molecule is CS(=O)(=O)c1cccc(-c2ccc3c(c2)C(NC(=O)NC2CCCCC2)CCO3)c1. The predicted molar refractivity (Wildman–Crippen MR) is 116 cm³/mol. The van der Waals surface area contributed by atoms with Crippen LogP contribution in [0, 0.1) is 0 Å². The standard InChI is InChI=1S/C23H28N2O4S/c1-30(27,28)19-9-5-6-16(14-19)17-10-11-22-20(15-17)21(12-13-29-22)25-23(26)24-18-7-3-2-4-8-18/h5-6,9-11,14-15,18,21H,2-4,7-8,12-13H2,1H3,(H2,24,25,26). The van der Waals surface area contributed by atoms with E-state index in [1.807, 2.05) is 24.3 Å². The van der Waals surface area contributed by atoms with Gasteiger partial charge >= 0.3 is 6.03 Å². The summed E-state index contributed by atoms with van der Waals surface area (Å²) < 4.78 is 29.6. The lowest BCUT2D eigenvalue weighted by Gasteiger charge is -2.29. The highest BCUT2D eigenvalue weighted by Crippen LogP contribution is 2.36. The Kier molecular flexibility index (Phi) is 5.99. The maximum atomic E-state index is 12.6. The minimum Gasteiger partial charge on any atom is -0.493 e. The number of amides is 2. The summed E-state index contributed by atoms with van der Waals surface area (Å²) in [6.07, 6.45) is 7.56. The summed E-state index contributed by atoms with van der Waals surface area (Å²) in [5, 5.41) is 6.22. The molecule has 1 heterocycles. The van der Waals surface area contributed by atoms with Crippen molar-refractivity contribution in [3.8, 4) is 16.9 Å². The lowest BCUT2D eigenvalue weighted by Crippen LogP contribution is -2.45. The van der Waals surface area contributed by atoms with Gasteiger partial charge in [0.15, 0.2) is 9.84 Å². The molecule has 4 rings (SSSR count). The molecule has 6 nitrogen and oxygen atoms in total.